The quantitative estimate of drug-likeness (QED) is 0.567. The molecule has 1 saturated heterocycles. The van der Waals surface area contributed by atoms with Gasteiger partial charge in [0.05, 0.1) is 18.6 Å². The van der Waals surface area contributed by atoms with E-state index in [-0.39, 0.29) is 23.4 Å². The zero-order chi connectivity index (χ0) is 21.8. The smallest absolute Gasteiger partial charge is 0.344 e. The van der Waals surface area contributed by atoms with E-state index in [2.05, 4.69) is 15.9 Å². The monoisotopic (exact) mass is 491 g/mol. The maximum atomic E-state index is 12.7. The van der Waals surface area contributed by atoms with Crippen molar-refractivity contribution in [2.24, 2.45) is 0 Å². The molecule has 0 aliphatic carbocycles. The van der Waals surface area contributed by atoms with Crippen LogP contribution in [0.25, 0.3) is 6.08 Å². The second-order valence-electron chi connectivity index (χ2n) is 6.40. The van der Waals surface area contributed by atoms with Gasteiger partial charge in [-0.15, -0.1) is 0 Å². The van der Waals surface area contributed by atoms with Gasteiger partial charge in [0.25, 0.3) is 11.1 Å². The first-order valence-corrected chi connectivity index (χ1v) is 10.5. The summed E-state index contributed by atoms with van der Waals surface area (Å²) in [6.45, 7) is 1.61. The second kappa shape index (κ2) is 9.36. The molecule has 1 aliphatic rings. The molecule has 9 heteroatoms. The summed E-state index contributed by atoms with van der Waals surface area (Å²) in [5, 5.41) is 8.66. The molecule has 0 unspecified atom stereocenters. The zero-order valence-electron chi connectivity index (χ0n) is 16.1. The lowest BCUT2D eigenvalue weighted by Crippen LogP contribution is -2.27. The van der Waals surface area contributed by atoms with Gasteiger partial charge in [0.15, 0.2) is 17.6 Å². The van der Waals surface area contributed by atoms with Gasteiger partial charge in [0.1, 0.15) is 0 Å². The first-order valence-electron chi connectivity index (χ1n) is 8.86. The molecule has 7 nitrogen and oxygen atoms in total. The van der Waals surface area contributed by atoms with E-state index in [1.165, 1.54) is 18.9 Å². The molecule has 1 atom stereocenters. The Morgan fingerprint density at radius 1 is 1.20 bits per heavy atom. The average molecular weight is 492 g/mol. The number of nitrogens with zero attached hydrogens (tertiary/aromatic N) is 1. The molecule has 1 heterocycles. The average Bonchev–Trinajstić information content (AvgIpc) is 2.97. The number of rotatable bonds is 7. The van der Waals surface area contributed by atoms with Gasteiger partial charge in [-0.3, -0.25) is 14.5 Å². The molecule has 156 valence electrons. The van der Waals surface area contributed by atoms with Crippen LogP contribution in [0.5, 0.6) is 11.5 Å². The van der Waals surface area contributed by atoms with Crippen molar-refractivity contribution in [2.75, 3.05) is 7.11 Å². The van der Waals surface area contributed by atoms with Crippen molar-refractivity contribution in [2.45, 2.75) is 19.6 Å². The minimum absolute atomic E-state index is 0.193. The third-order valence-corrected chi connectivity index (χ3v) is 5.70. The molecule has 0 radical (unpaired) electrons. The highest BCUT2D eigenvalue weighted by molar-refractivity contribution is 9.10. The lowest BCUT2D eigenvalue weighted by Gasteiger charge is -2.14. The normalized spacial score (nSPS) is 16.1. The number of ether oxygens (including phenoxy) is 2. The summed E-state index contributed by atoms with van der Waals surface area (Å²) in [6, 6.07) is 12.2. The van der Waals surface area contributed by atoms with Gasteiger partial charge < -0.3 is 14.6 Å². The van der Waals surface area contributed by atoms with Gasteiger partial charge in [0, 0.05) is 4.47 Å². The molecule has 0 bridgehead atoms. The number of hydrogen-bond acceptors (Lipinski definition) is 6. The molecular formula is C21H18BrNO6S. The van der Waals surface area contributed by atoms with E-state index < -0.39 is 12.1 Å². The Morgan fingerprint density at radius 2 is 1.90 bits per heavy atom. The standard InChI is InChI=1S/C21H18BrNO6S/c1-12(20(25)26)29-16-8-5-14(9-17(16)28-2)10-18-19(24)23(21(27)30-18)11-13-3-6-15(22)7-4-13/h3-10,12H,11H2,1-2H3,(H,25,26)/b18-10-/t12-/m0/s1. The topological polar surface area (TPSA) is 93.1 Å². The Labute approximate surface area is 185 Å². The van der Waals surface area contributed by atoms with Gasteiger partial charge >= 0.3 is 5.97 Å². The Morgan fingerprint density at radius 3 is 2.53 bits per heavy atom. The van der Waals surface area contributed by atoms with Crippen LogP contribution in [-0.2, 0) is 16.1 Å². The lowest BCUT2D eigenvalue weighted by molar-refractivity contribution is -0.144. The summed E-state index contributed by atoms with van der Waals surface area (Å²) in [5.74, 6) is -0.869. The van der Waals surface area contributed by atoms with Crippen molar-refractivity contribution in [3.63, 3.8) is 0 Å². The predicted octanol–water partition coefficient (Wildman–Crippen LogP) is 4.55. The summed E-state index contributed by atoms with van der Waals surface area (Å²) in [6.07, 6.45) is 0.555. The molecule has 3 rings (SSSR count). The molecule has 1 N–H and O–H groups in total. The lowest BCUT2D eigenvalue weighted by atomic mass is 10.1. The number of methoxy groups -OCH3 is 1. The molecule has 2 amide bonds. The van der Waals surface area contributed by atoms with Crippen molar-refractivity contribution in [1.82, 2.24) is 4.90 Å². The number of halogens is 1. The van der Waals surface area contributed by atoms with Gasteiger partial charge in [-0.2, -0.15) is 0 Å². The number of carboxylic acid groups (broad SMARTS) is 1. The van der Waals surface area contributed by atoms with E-state index in [4.69, 9.17) is 14.6 Å². The largest absolute Gasteiger partial charge is 0.493 e. The minimum Gasteiger partial charge on any atom is -0.493 e. The summed E-state index contributed by atoms with van der Waals surface area (Å²) in [4.78, 5) is 37.5. The number of benzene rings is 2. The fourth-order valence-corrected chi connectivity index (χ4v) is 3.77. The van der Waals surface area contributed by atoms with Crippen molar-refractivity contribution < 1.29 is 29.0 Å². The maximum Gasteiger partial charge on any atom is 0.344 e. The summed E-state index contributed by atoms with van der Waals surface area (Å²) < 4.78 is 11.6. The van der Waals surface area contributed by atoms with Gasteiger partial charge in [-0.25, -0.2) is 4.79 Å². The predicted molar refractivity (Wildman–Crippen MR) is 116 cm³/mol. The molecule has 0 spiro atoms. The molecule has 0 saturated carbocycles. The molecule has 1 fully saturated rings. The summed E-state index contributed by atoms with van der Waals surface area (Å²) in [7, 11) is 1.43. The zero-order valence-corrected chi connectivity index (χ0v) is 18.5. The Kier molecular flexibility index (Phi) is 6.84. The van der Waals surface area contributed by atoms with E-state index >= 15 is 0 Å². The molecule has 30 heavy (non-hydrogen) atoms. The van der Waals surface area contributed by atoms with Crippen LogP contribution in [0.3, 0.4) is 0 Å². The number of amides is 2. The van der Waals surface area contributed by atoms with Crippen LogP contribution in [0.1, 0.15) is 18.1 Å². The molecular weight excluding hydrogens is 474 g/mol. The fraction of sp³-hybridized carbons (Fsp3) is 0.190. The highest BCUT2D eigenvalue weighted by Crippen LogP contribution is 2.35. The number of carboxylic acids is 1. The Balaban J connectivity index is 1.79. The van der Waals surface area contributed by atoms with E-state index in [1.807, 2.05) is 24.3 Å². The number of carbonyl (C=O) groups is 3. The minimum atomic E-state index is -1.10. The molecule has 1 aliphatic heterocycles. The van der Waals surface area contributed by atoms with Gasteiger partial charge in [-0.1, -0.05) is 34.1 Å². The van der Waals surface area contributed by atoms with Crippen LogP contribution in [0.15, 0.2) is 51.8 Å². The Hall–Kier alpha value is -2.78. The highest BCUT2D eigenvalue weighted by Gasteiger charge is 2.35. The van der Waals surface area contributed by atoms with Gasteiger partial charge in [-0.05, 0) is 60.2 Å². The third-order valence-electron chi connectivity index (χ3n) is 4.26. The SMILES string of the molecule is COc1cc(/C=C2\SC(=O)N(Cc3ccc(Br)cc3)C2=O)ccc1O[C@@H](C)C(=O)O. The van der Waals surface area contributed by atoms with Crippen molar-refractivity contribution in [1.29, 1.82) is 0 Å². The number of hydrogen-bond donors (Lipinski definition) is 1. The number of imide groups is 1. The van der Waals surface area contributed by atoms with Crippen molar-refractivity contribution in [3.8, 4) is 11.5 Å². The highest BCUT2D eigenvalue weighted by atomic mass is 79.9. The van der Waals surface area contributed by atoms with Gasteiger partial charge in [0.2, 0.25) is 0 Å². The van der Waals surface area contributed by atoms with Crippen LogP contribution in [0.2, 0.25) is 0 Å². The summed E-state index contributed by atoms with van der Waals surface area (Å²) >= 11 is 4.23. The number of aliphatic carboxylic acids is 1. The first kappa shape index (κ1) is 21.9. The van der Waals surface area contributed by atoms with Crippen LogP contribution >= 0.6 is 27.7 Å². The van der Waals surface area contributed by atoms with Crippen LogP contribution in [0, 0.1) is 0 Å². The Bertz CT molecular complexity index is 1020. The van der Waals surface area contributed by atoms with Crippen LogP contribution < -0.4 is 9.47 Å². The number of carbonyl (C=O) groups excluding carboxylic acids is 2. The second-order valence-corrected chi connectivity index (χ2v) is 8.31. The molecule has 2 aromatic carbocycles. The fourth-order valence-electron chi connectivity index (χ4n) is 2.67. The summed E-state index contributed by atoms with van der Waals surface area (Å²) in [5.41, 5.74) is 1.47. The van der Waals surface area contributed by atoms with Crippen molar-refractivity contribution in [3.05, 3.63) is 63.0 Å². The van der Waals surface area contributed by atoms with Crippen molar-refractivity contribution >= 4 is 50.9 Å². The first-order chi connectivity index (χ1) is 14.3. The van der Waals surface area contributed by atoms with E-state index in [0.717, 1.165) is 21.8 Å². The molecule has 0 aromatic heterocycles. The van der Waals surface area contributed by atoms with E-state index in [1.54, 1.807) is 24.3 Å². The maximum absolute atomic E-state index is 12.7. The third kappa shape index (κ3) is 5.03. The van der Waals surface area contributed by atoms with Crippen LogP contribution in [0.4, 0.5) is 4.79 Å². The van der Waals surface area contributed by atoms with E-state index in [9.17, 15) is 14.4 Å². The number of thioether (sulfide) groups is 1. The van der Waals surface area contributed by atoms with E-state index in [0.29, 0.717) is 16.2 Å². The molecule has 2 aromatic rings. The van der Waals surface area contributed by atoms with Crippen LogP contribution in [-0.4, -0.2) is 40.3 Å².